The summed E-state index contributed by atoms with van der Waals surface area (Å²) in [4.78, 5) is 12.5. The number of thiocarbonyl (C=S) groups is 1. The minimum atomic E-state index is -4.52. The minimum absolute atomic E-state index is 0.0796. The second-order valence-corrected chi connectivity index (χ2v) is 5.03. The van der Waals surface area contributed by atoms with Gasteiger partial charge in [0, 0.05) is 38.3 Å². The van der Waals surface area contributed by atoms with Crippen LogP contribution in [0, 0.1) is 0 Å². The maximum absolute atomic E-state index is 12.8. The molecule has 0 spiro atoms. The molecule has 0 heterocycles. The summed E-state index contributed by atoms with van der Waals surface area (Å²) in [7, 11) is 3.26. The highest BCUT2D eigenvalue weighted by Crippen LogP contribution is 2.33. The molecule has 0 aromatic heterocycles. The summed E-state index contributed by atoms with van der Waals surface area (Å²) < 4.78 is 38.4. The third-order valence-electron chi connectivity index (χ3n) is 2.76. The van der Waals surface area contributed by atoms with Gasteiger partial charge in [0.1, 0.15) is 4.99 Å². The van der Waals surface area contributed by atoms with Crippen LogP contribution >= 0.6 is 12.2 Å². The number of halogens is 3. The molecule has 3 N–H and O–H groups in total. The van der Waals surface area contributed by atoms with E-state index in [4.69, 9.17) is 5.73 Å². The average molecular weight is 319 g/mol. The number of nitrogens with one attached hydrogen (secondary N) is 1. The van der Waals surface area contributed by atoms with Crippen LogP contribution in [0.5, 0.6) is 0 Å². The Morgan fingerprint density at radius 1 is 1.38 bits per heavy atom. The first-order valence-corrected chi connectivity index (χ1v) is 6.49. The van der Waals surface area contributed by atoms with Crippen molar-refractivity contribution in [2.45, 2.75) is 12.6 Å². The van der Waals surface area contributed by atoms with Gasteiger partial charge < -0.3 is 16.0 Å². The number of anilines is 1. The highest BCUT2D eigenvalue weighted by atomic mass is 32.1. The van der Waals surface area contributed by atoms with E-state index in [2.05, 4.69) is 17.5 Å². The first-order valence-electron chi connectivity index (χ1n) is 6.08. The van der Waals surface area contributed by atoms with Crippen LogP contribution < -0.4 is 11.1 Å². The molecule has 1 aromatic carbocycles. The third kappa shape index (κ3) is 4.89. The van der Waals surface area contributed by atoms with Gasteiger partial charge in [-0.2, -0.15) is 13.2 Å². The molecule has 8 heteroatoms. The lowest BCUT2D eigenvalue weighted by atomic mass is 10.1. The topological polar surface area (TPSA) is 58.4 Å². The van der Waals surface area contributed by atoms with Gasteiger partial charge in [0.05, 0.1) is 5.56 Å². The predicted molar refractivity (Wildman–Crippen MR) is 79.1 cm³/mol. The van der Waals surface area contributed by atoms with Gasteiger partial charge in [-0.25, -0.2) is 0 Å². The second-order valence-electron chi connectivity index (χ2n) is 4.59. The molecule has 1 amide bonds. The van der Waals surface area contributed by atoms with Gasteiger partial charge in [-0.15, -0.1) is 0 Å². The number of hydrogen-bond donors (Lipinski definition) is 2. The quantitative estimate of drug-likeness (QED) is 0.817. The molecule has 0 aliphatic rings. The Balaban J connectivity index is 2.85. The van der Waals surface area contributed by atoms with Crippen LogP contribution in [0.4, 0.5) is 18.9 Å². The molecular formula is C13H16F3N3OS. The van der Waals surface area contributed by atoms with Gasteiger partial charge in [0.25, 0.3) is 0 Å². The highest BCUT2D eigenvalue weighted by Gasteiger charge is 2.34. The molecule has 0 saturated heterocycles. The zero-order valence-electron chi connectivity index (χ0n) is 11.6. The van der Waals surface area contributed by atoms with E-state index in [0.717, 1.165) is 6.07 Å². The Morgan fingerprint density at radius 2 is 2.00 bits per heavy atom. The predicted octanol–water partition coefficient (Wildman–Crippen LogP) is 2.23. The molecule has 0 radical (unpaired) electrons. The number of nitrogens with zero attached hydrogens (tertiary/aromatic N) is 1. The van der Waals surface area contributed by atoms with Gasteiger partial charge in [0.2, 0.25) is 5.91 Å². The van der Waals surface area contributed by atoms with E-state index in [9.17, 15) is 18.0 Å². The average Bonchev–Trinajstić information content (AvgIpc) is 2.36. The van der Waals surface area contributed by atoms with E-state index in [-0.39, 0.29) is 22.9 Å². The monoisotopic (exact) mass is 319 g/mol. The highest BCUT2D eigenvalue weighted by molar-refractivity contribution is 7.80. The SMILES string of the molecule is CN(C)C(=O)CCNc1ccc(C(F)(F)F)c(C(N)=S)c1. The van der Waals surface area contributed by atoms with Crippen LogP contribution in [0.25, 0.3) is 0 Å². The fourth-order valence-electron chi connectivity index (χ4n) is 1.64. The van der Waals surface area contributed by atoms with Crippen molar-refractivity contribution in [3.63, 3.8) is 0 Å². The van der Waals surface area contributed by atoms with E-state index in [0.29, 0.717) is 12.2 Å². The number of benzene rings is 1. The number of rotatable bonds is 5. The molecule has 21 heavy (non-hydrogen) atoms. The Morgan fingerprint density at radius 3 is 2.48 bits per heavy atom. The van der Waals surface area contributed by atoms with Crippen molar-refractivity contribution in [2.24, 2.45) is 5.73 Å². The molecule has 0 unspecified atom stereocenters. The van der Waals surface area contributed by atoms with Crippen LogP contribution in [-0.4, -0.2) is 36.4 Å². The molecule has 1 aromatic rings. The number of nitrogens with two attached hydrogens (primary N) is 1. The van der Waals surface area contributed by atoms with Gasteiger partial charge in [-0.1, -0.05) is 12.2 Å². The van der Waals surface area contributed by atoms with Crippen LogP contribution in [0.2, 0.25) is 0 Å². The zero-order chi connectivity index (χ0) is 16.2. The molecule has 0 fully saturated rings. The molecule has 0 bridgehead atoms. The summed E-state index contributed by atoms with van der Waals surface area (Å²) in [5.41, 5.74) is 4.66. The third-order valence-corrected chi connectivity index (χ3v) is 2.98. The molecule has 1 rings (SSSR count). The van der Waals surface area contributed by atoms with Crippen molar-refractivity contribution in [2.75, 3.05) is 26.0 Å². The Kier molecular flexibility index (Phi) is 5.54. The summed E-state index contributed by atoms with van der Waals surface area (Å²) in [6, 6.07) is 3.45. The zero-order valence-corrected chi connectivity index (χ0v) is 12.4. The number of alkyl halides is 3. The molecule has 0 aliphatic carbocycles. The van der Waals surface area contributed by atoms with Crippen molar-refractivity contribution in [3.05, 3.63) is 29.3 Å². The maximum Gasteiger partial charge on any atom is 0.417 e. The normalized spacial score (nSPS) is 11.1. The fourth-order valence-corrected chi connectivity index (χ4v) is 1.81. The first-order chi connectivity index (χ1) is 9.62. The Bertz CT molecular complexity index is 544. The van der Waals surface area contributed by atoms with Crippen LogP contribution in [0.3, 0.4) is 0 Å². The molecular weight excluding hydrogens is 303 g/mol. The lowest BCUT2D eigenvalue weighted by Crippen LogP contribution is -2.24. The lowest BCUT2D eigenvalue weighted by molar-refractivity contribution is -0.137. The number of carbonyl (C=O) groups is 1. The molecule has 4 nitrogen and oxygen atoms in total. The largest absolute Gasteiger partial charge is 0.417 e. The maximum atomic E-state index is 12.8. The van der Waals surface area contributed by atoms with Crippen LogP contribution in [-0.2, 0) is 11.0 Å². The Labute approximate surface area is 126 Å². The number of carbonyl (C=O) groups excluding carboxylic acids is 1. The van der Waals surface area contributed by atoms with Crippen LogP contribution in [0.15, 0.2) is 18.2 Å². The molecule has 0 atom stereocenters. The van der Waals surface area contributed by atoms with Crippen molar-refractivity contribution in [3.8, 4) is 0 Å². The van der Waals surface area contributed by atoms with E-state index < -0.39 is 11.7 Å². The second kappa shape index (κ2) is 6.75. The van der Waals surface area contributed by atoms with Crippen molar-refractivity contribution < 1.29 is 18.0 Å². The number of hydrogen-bond acceptors (Lipinski definition) is 3. The summed E-state index contributed by atoms with van der Waals surface area (Å²) in [6.07, 6.45) is -4.28. The Hall–Kier alpha value is -1.83. The summed E-state index contributed by atoms with van der Waals surface area (Å²) >= 11 is 4.66. The van der Waals surface area contributed by atoms with Gasteiger partial charge in [-0.3, -0.25) is 4.79 Å². The van der Waals surface area contributed by atoms with Gasteiger partial charge in [-0.05, 0) is 18.2 Å². The van der Waals surface area contributed by atoms with Crippen molar-refractivity contribution >= 4 is 28.8 Å². The standard InChI is InChI=1S/C13H16F3N3OS/c1-19(2)11(20)5-6-18-8-3-4-10(13(14,15)16)9(7-8)12(17)21/h3-4,7,18H,5-6H2,1-2H3,(H2,17,21). The smallest absolute Gasteiger partial charge is 0.389 e. The lowest BCUT2D eigenvalue weighted by Gasteiger charge is -2.15. The summed E-state index contributed by atoms with van der Waals surface area (Å²) in [6.45, 7) is 0.305. The van der Waals surface area contributed by atoms with E-state index >= 15 is 0 Å². The minimum Gasteiger partial charge on any atom is -0.389 e. The number of amides is 1. The van der Waals surface area contributed by atoms with Crippen LogP contribution in [0.1, 0.15) is 17.5 Å². The van der Waals surface area contributed by atoms with E-state index in [1.807, 2.05) is 0 Å². The van der Waals surface area contributed by atoms with Gasteiger partial charge in [0.15, 0.2) is 0 Å². The first kappa shape index (κ1) is 17.2. The summed E-state index contributed by atoms with van der Waals surface area (Å²) in [5, 5.41) is 2.87. The van der Waals surface area contributed by atoms with Gasteiger partial charge >= 0.3 is 6.18 Å². The van der Waals surface area contributed by atoms with E-state index in [1.165, 1.54) is 17.0 Å². The van der Waals surface area contributed by atoms with E-state index in [1.54, 1.807) is 14.1 Å². The summed E-state index contributed by atoms with van der Waals surface area (Å²) in [5.74, 6) is -0.0796. The molecule has 116 valence electrons. The van der Waals surface area contributed by atoms with Crippen molar-refractivity contribution in [1.82, 2.24) is 4.90 Å². The van der Waals surface area contributed by atoms with Crippen molar-refractivity contribution in [1.29, 1.82) is 0 Å². The fraction of sp³-hybridized carbons (Fsp3) is 0.385. The molecule has 0 aliphatic heterocycles. The molecule has 0 saturated carbocycles.